The lowest BCUT2D eigenvalue weighted by atomic mass is 10.0. The highest BCUT2D eigenvalue weighted by atomic mass is 32.2. The largest absolute Gasteiger partial charge is 0.385 e. The van der Waals surface area contributed by atoms with Gasteiger partial charge in [-0.05, 0) is 36.4 Å². The van der Waals surface area contributed by atoms with E-state index in [2.05, 4.69) is 80.9 Å². The summed E-state index contributed by atoms with van der Waals surface area (Å²) in [4.78, 5) is 2.53. The van der Waals surface area contributed by atoms with Crippen molar-refractivity contribution in [2.45, 2.75) is 30.6 Å². The van der Waals surface area contributed by atoms with Crippen molar-refractivity contribution in [1.82, 2.24) is 0 Å². The zero-order valence-electron chi connectivity index (χ0n) is 18.0. The number of hydrogen-bond acceptors (Lipinski definition) is 3. The van der Waals surface area contributed by atoms with E-state index in [1.165, 1.54) is 20.9 Å². The van der Waals surface area contributed by atoms with E-state index in [0.29, 0.717) is 13.2 Å². The highest BCUT2D eigenvalue weighted by Gasteiger charge is 2.19. The zero-order chi connectivity index (χ0) is 21.3. The van der Waals surface area contributed by atoms with Gasteiger partial charge < -0.3 is 14.7 Å². The molecule has 0 aliphatic heterocycles. The first kappa shape index (κ1) is 22.6. The molecule has 0 aromatic heterocycles. The Bertz CT molecular complexity index is 881. The molecule has 4 heteroatoms. The van der Waals surface area contributed by atoms with Crippen molar-refractivity contribution in [3.05, 3.63) is 101 Å². The first-order valence-electron chi connectivity index (χ1n) is 10.4. The summed E-state index contributed by atoms with van der Waals surface area (Å²) in [5.74, 6) is 0. The lowest BCUT2D eigenvalue weighted by Gasteiger charge is -2.23. The summed E-state index contributed by atoms with van der Waals surface area (Å²) in [5, 5.41) is 10.6. The van der Waals surface area contributed by atoms with E-state index in [4.69, 9.17) is 4.74 Å². The van der Waals surface area contributed by atoms with Crippen LogP contribution in [0, 0.1) is 6.92 Å². The van der Waals surface area contributed by atoms with Crippen molar-refractivity contribution in [2.75, 3.05) is 26.5 Å². The number of nitrogens with one attached hydrogen (secondary N) is 1. The Morgan fingerprint density at radius 3 is 2.17 bits per heavy atom. The molecule has 2 N–H and O–H groups in total. The molecule has 1 unspecified atom stereocenters. The molecule has 0 aliphatic carbocycles. The van der Waals surface area contributed by atoms with Crippen LogP contribution in [0.2, 0.25) is 0 Å². The first-order valence-corrected chi connectivity index (χ1v) is 11.6. The minimum Gasteiger partial charge on any atom is -0.385 e. The van der Waals surface area contributed by atoms with E-state index < -0.39 is 6.10 Å². The molecule has 0 spiro atoms. The van der Waals surface area contributed by atoms with Crippen molar-refractivity contribution in [2.24, 2.45) is 0 Å². The predicted octanol–water partition coefficient (Wildman–Crippen LogP) is 3.90. The van der Waals surface area contributed by atoms with Crippen LogP contribution in [0.4, 0.5) is 0 Å². The Morgan fingerprint density at radius 2 is 1.53 bits per heavy atom. The molecule has 3 rings (SSSR count). The summed E-state index contributed by atoms with van der Waals surface area (Å²) in [6.45, 7) is 3.90. The number of thioether (sulfide) groups is 1. The number of rotatable bonds is 10. The van der Waals surface area contributed by atoms with Gasteiger partial charge in [-0.2, -0.15) is 0 Å². The molecule has 0 radical (unpaired) electrons. The van der Waals surface area contributed by atoms with E-state index in [0.717, 1.165) is 17.7 Å². The number of aliphatic hydroxyl groups is 1. The highest BCUT2D eigenvalue weighted by Crippen LogP contribution is 2.26. The number of aryl methyl sites for hydroxylation is 1. The summed E-state index contributed by atoms with van der Waals surface area (Å²) in [5.41, 5.74) is 4.71. The normalized spacial score (nSPS) is 14.3. The summed E-state index contributed by atoms with van der Waals surface area (Å²) >= 11 is 1.75. The van der Waals surface area contributed by atoms with Crippen molar-refractivity contribution >= 4 is 11.8 Å². The van der Waals surface area contributed by atoms with Gasteiger partial charge in [0.15, 0.2) is 0 Å². The molecule has 158 valence electrons. The van der Waals surface area contributed by atoms with Crippen LogP contribution in [-0.4, -0.2) is 37.7 Å². The predicted molar refractivity (Wildman–Crippen MR) is 125 cm³/mol. The number of aliphatic hydroxyl groups excluding tert-OH is 1. The molecular formula is C26H32NO2S+. The molecule has 3 aromatic rings. The third-order valence-electron chi connectivity index (χ3n) is 5.19. The van der Waals surface area contributed by atoms with Gasteiger partial charge in [-0.1, -0.05) is 72.3 Å². The fraction of sp³-hybridized carbons (Fsp3) is 0.308. The summed E-state index contributed by atoms with van der Waals surface area (Å²) in [6.07, 6.45) is 1.38. The quantitative estimate of drug-likeness (QED) is 0.486. The third kappa shape index (κ3) is 6.71. The lowest BCUT2D eigenvalue weighted by Crippen LogP contribution is -3.08. The minimum atomic E-state index is -0.521. The highest BCUT2D eigenvalue weighted by molar-refractivity contribution is 7.98. The average Bonchev–Trinajstić information content (AvgIpc) is 2.76. The molecule has 0 bridgehead atoms. The standard InChI is InChI=1S/C26H31NO2S/c1-20-9-13-23(14-10-20)26(22-7-5-4-6-8-22)29-19-24(28)18-27(2)17-21-11-15-25(30-3)16-12-21/h4-16,24,26,28H,17-19H2,1-3H3/p+1/t24-,26-/m1/s1. The van der Waals surface area contributed by atoms with Crippen LogP contribution in [0.15, 0.2) is 83.8 Å². The smallest absolute Gasteiger partial charge is 0.126 e. The van der Waals surface area contributed by atoms with Crippen LogP contribution < -0.4 is 4.90 Å². The number of benzene rings is 3. The SMILES string of the molecule is CSc1ccc(C[NH+](C)C[C@@H](O)CO[C@H](c2ccccc2)c2ccc(C)cc2)cc1. The van der Waals surface area contributed by atoms with Gasteiger partial charge in [-0.15, -0.1) is 11.8 Å². The molecule has 0 amide bonds. The molecule has 0 fully saturated rings. The van der Waals surface area contributed by atoms with Gasteiger partial charge in [0.25, 0.3) is 0 Å². The molecule has 0 saturated heterocycles. The lowest BCUT2D eigenvalue weighted by molar-refractivity contribution is -0.897. The van der Waals surface area contributed by atoms with Gasteiger partial charge in [0.1, 0.15) is 25.3 Å². The van der Waals surface area contributed by atoms with E-state index >= 15 is 0 Å². The van der Waals surface area contributed by atoms with Crippen LogP contribution in [-0.2, 0) is 11.3 Å². The maximum absolute atomic E-state index is 10.6. The van der Waals surface area contributed by atoms with Gasteiger partial charge in [0.2, 0.25) is 0 Å². The van der Waals surface area contributed by atoms with Crippen LogP contribution in [0.1, 0.15) is 28.4 Å². The van der Waals surface area contributed by atoms with Crippen molar-refractivity contribution in [3.8, 4) is 0 Å². The second-order valence-corrected chi connectivity index (χ2v) is 8.75. The van der Waals surface area contributed by atoms with Gasteiger partial charge in [-0.3, -0.25) is 0 Å². The fourth-order valence-corrected chi connectivity index (χ4v) is 3.99. The summed E-state index contributed by atoms with van der Waals surface area (Å²) < 4.78 is 6.23. The van der Waals surface area contributed by atoms with Crippen LogP contribution in [0.5, 0.6) is 0 Å². The number of hydrogen-bond donors (Lipinski definition) is 2. The van der Waals surface area contributed by atoms with Gasteiger partial charge in [-0.25, -0.2) is 0 Å². The number of likely N-dealkylation sites (N-methyl/N-ethyl adjacent to an activating group) is 1. The Morgan fingerprint density at radius 1 is 0.900 bits per heavy atom. The van der Waals surface area contributed by atoms with E-state index in [9.17, 15) is 5.11 Å². The fourth-order valence-electron chi connectivity index (χ4n) is 3.59. The Balaban J connectivity index is 1.58. The topological polar surface area (TPSA) is 33.9 Å². The second-order valence-electron chi connectivity index (χ2n) is 7.87. The number of quaternary nitrogens is 1. The maximum atomic E-state index is 10.6. The van der Waals surface area contributed by atoms with E-state index in [1.807, 2.05) is 18.2 Å². The molecule has 0 aliphatic rings. The van der Waals surface area contributed by atoms with Gasteiger partial charge in [0.05, 0.1) is 13.7 Å². The van der Waals surface area contributed by atoms with E-state index in [-0.39, 0.29) is 6.10 Å². The average molecular weight is 423 g/mol. The van der Waals surface area contributed by atoms with Crippen molar-refractivity contribution < 1.29 is 14.7 Å². The zero-order valence-corrected chi connectivity index (χ0v) is 18.9. The molecular weight excluding hydrogens is 390 g/mol. The molecule has 3 aromatic carbocycles. The molecule has 3 atom stereocenters. The van der Waals surface area contributed by atoms with Crippen LogP contribution >= 0.6 is 11.8 Å². The van der Waals surface area contributed by atoms with Gasteiger partial charge in [0, 0.05) is 10.5 Å². The van der Waals surface area contributed by atoms with E-state index in [1.54, 1.807) is 11.8 Å². The Kier molecular flexibility index (Phi) is 8.52. The van der Waals surface area contributed by atoms with Gasteiger partial charge >= 0.3 is 0 Å². The van der Waals surface area contributed by atoms with Crippen LogP contribution in [0.25, 0.3) is 0 Å². The molecule has 0 saturated carbocycles. The first-order chi connectivity index (χ1) is 14.5. The molecule has 30 heavy (non-hydrogen) atoms. The molecule has 3 nitrogen and oxygen atoms in total. The third-order valence-corrected chi connectivity index (χ3v) is 5.93. The number of ether oxygens (including phenoxy) is 1. The minimum absolute atomic E-state index is 0.180. The Labute approximate surface area is 184 Å². The van der Waals surface area contributed by atoms with Crippen molar-refractivity contribution in [3.63, 3.8) is 0 Å². The molecule has 0 heterocycles. The van der Waals surface area contributed by atoms with Crippen molar-refractivity contribution in [1.29, 1.82) is 0 Å². The monoisotopic (exact) mass is 422 g/mol. The Hall–Kier alpha value is -2.11. The maximum Gasteiger partial charge on any atom is 0.126 e. The van der Waals surface area contributed by atoms with Crippen LogP contribution in [0.3, 0.4) is 0 Å². The summed E-state index contributed by atoms with van der Waals surface area (Å²) in [6, 6.07) is 27.3. The second kappa shape index (κ2) is 11.3. The summed E-state index contributed by atoms with van der Waals surface area (Å²) in [7, 11) is 2.11.